The summed E-state index contributed by atoms with van der Waals surface area (Å²) in [5.74, 6) is 0.385. The lowest BCUT2D eigenvalue weighted by molar-refractivity contribution is -0.245. The van der Waals surface area contributed by atoms with E-state index in [1.165, 1.54) is 6.20 Å². The highest BCUT2D eigenvalue weighted by Crippen LogP contribution is 2.39. The standard InChI is InChI=1S/C31H29N5O4S/c1-36-15-14-32-31(36)41-19-24-16-28(21-8-6-20(18-37)7-9-21)40-30(39-24)22-10-12-23(13-11-22)34-29(38)27-17-33-25-4-2-3-5-26(25)35-27/h2-15,17,24,28,30,37H,16,18-19H2,1H3,(H,34,38)/t24-,28+,30+/m0/s1. The topological polar surface area (TPSA) is 111 Å². The van der Waals surface area contributed by atoms with Crippen molar-refractivity contribution in [1.82, 2.24) is 19.5 Å². The Balaban J connectivity index is 1.17. The van der Waals surface area contributed by atoms with Crippen molar-refractivity contribution in [3.8, 4) is 0 Å². The summed E-state index contributed by atoms with van der Waals surface area (Å²) in [5.41, 5.74) is 5.00. The summed E-state index contributed by atoms with van der Waals surface area (Å²) in [6, 6.07) is 22.7. The molecule has 0 aliphatic carbocycles. The van der Waals surface area contributed by atoms with Gasteiger partial charge in [-0.2, -0.15) is 0 Å². The van der Waals surface area contributed by atoms with Crippen molar-refractivity contribution in [3.05, 3.63) is 114 Å². The number of aliphatic hydroxyl groups excluding tert-OH is 1. The lowest BCUT2D eigenvalue weighted by atomic mass is 10.0. The number of fused-ring (bicyclic) bond motifs is 1. The molecule has 208 valence electrons. The fourth-order valence-corrected chi connectivity index (χ4v) is 5.62. The smallest absolute Gasteiger partial charge is 0.275 e. The van der Waals surface area contributed by atoms with Crippen molar-refractivity contribution in [1.29, 1.82) is 0 Å². The van der Waals surface area contributed by atoms with Crippen LogP contribution in [0.4, 0.5) is 5.69 Å². The normalized spacial score (nSPS) is 18.8. The third kappa shape index (κ3) is 6.31. The molecule has 0 radical (unpaired) electrons. The van der Waals surface area contributed by atoms with Gasteiger partial charge in [-0.15, -0.1) is 0 Å². The summed E-state index contributed by atoms with van der Waals surface area (Å²) in [5, 5.41) is 13.3. The van der Waals surface area contributed by atoms with Crippen LogP contribution in [0.2, 0.25) is 0 Å². The number of anilines is 1. The molecule has 0 saturated carbocycles. The van der Waals surface area contributed by atoms with Gasteiger partial charge in [0.15, 0.2) is 11.4 Å². The molecule has 10 heteroatoms. The van der Waals surface area contributed by atoms with E-state index < -0.39 is 6.29 Å². The molecule has 41 heavy (non-hydrogen) atoms. The zero-order valence-corrected chi connectivity index (χ0v) is 23.2. The molecule has 1 aliphatic rings. The maximum Gasteiger partial charge on any atom is 0.275 e. The molecule has 0 unspecified atom stereocenters. The SMILES string of the molecule is Cn1ccnc1SC[C@@H]1C[C@H](c2ccc(CO)cc2)O[C@H](c2ccc(NC(=O)c3cnc4ccccc4n3)cc2)O1. The Labute approximate surface area is 241 Å². The van der Waals surface area contributed by atoms with E-state index >= 15 is 0 Å². The number of aryl methyl sites for hydroxylation is 1. The van der Waals surface area contributed by atoms with Gasteiger partial charge in [0.05, 0.1) is 36.0 Å². The largest absolute Gasteiger partial charge is 0.392 e. The van der Waals surface area contributed by atoms with E-state index in [-0.39, 0.29) is 30.4 Å². The molecule has 5 aromatic rings. The van der Waals surface area contributed by atoms with Crippen molar-refractivity contribution >= 4 is 34.4 Å². The van der Waals surface area contributed by atoms with E-state index in [0.29, 0.717) is 17.6 Å². The molecule has 3 aromatic carbocycles. The molecule has 2 N–H and O–H groups in total. The Morgan fingerprint density at radius 3 is 2.49 bits per heavy atom. The first kappa shape index (κ1) is 27.1. The molecule has 2 aromatic heterocycles. The predicted octanol–water partition coefficient (Wildman–Crippen LogP) is 5.45. The molecule has 3 atom stereocenters. The number of amides is 1. The second kappa shape index (κ2) is 12.2. The first-order chi connectivity index (χ1) is 20.1. The van der Waals surface area contributed by atoms with Gasteiger partial charge >= 0.3 is 0 Å². The minimum absolute atomic E-state index is 0.00318. The number of carbonyl (C=O) groups excluding carboxylic acids is 1. The lowest BCUT2D eigenvalue weighted by Gasteiger charge is -2.36. The second-order valence-corrected chi connectivity index (χ2v) is 10.8. The molecule has 1 saturated heterocycles. The van der Waals surface area contributed by atoms with E-state index in [9.17, 15) is 9.90 Å². The van der Waals surface area contributed by atoms with Crippen molar-refractivity contribution in [3.63, 3.8) is 0 Å². The highest BCUT2D eigenvalue weighted by molar-refractivity contribution is 7.99. The molecule has 0 bridgehead atoms. The van der Waals surface area contributed by atoms with Crippen LogP contribution >= 0.6 is 11.8 Å². The summed E-state index contributed by atoms with van der Waals surface area (Å²) in [4.78, 5) is 26.0. The van der Waals surface area contributed by atoms with E-state index in [4.69, 9.17) is 9.47 Å². The zero-order chi connectivity index (χ0) is 28.2. The van der Waals surface area contributed by atoms with Gasteiger partial charge in [0.2, 0.25) is 0 Å². The van der Waals surface area contributed by atoms with Gasteiger partial charge < -0.3 is 24.5 Å². The van der Waals surface area contributed by atoms with Crippen LogP contribution < -0.4 is 5.32 Å². The van der Waals surface area contributed by atoms with E-state index in [1.807, 2.05) is 90.6 Å². The van der Waals surface area contributed by atoms with Gasteiger partial charge in [-0.1, -0.05) is 60.3 Å². The van der Waals surface area contributed by atoms with Gasteiger partial charge in [0.25, 0.3) is 5.91 Å². The van der Waals surface area contributed by atoms with Crippen LogP contribution in [0, 0.1) is 0 Å². The Morgan fingerprint density at radius 1 is 1.00 bits per heavy atom. The third-order valence-electron chi connectivity index (χ3n) is 6.91. The fraction of sp³-hybridized carbons (Fsp3) is 0.226. The van der Waals surface area contributed by atoms with Crippen molar-refractivity contribution in [2.24, 2.45) is 7.05 Å². The number of ether oxygens (including phenoxy) is 2. The number of nitrogens with zero attached hydrogens (tertiary/aromatic N) is 4. The molecular formula is C31H29N5O4S. The molecule has 1 aliphatic heterocycles. The van der Waals surface area contributed by atoms with Crippen molar-refractivity contribution in [2.75, 3.05) is 11.1 Å². The number of aromatic nitrogens is 4. The van der Waals surface area contributed by atoms with E-state index in [1.54, 1.807) is 18.0 Å². The predicted molar refractivity (Wildman–Crippen MR) is 156 cm³/mol. The number of carbonyl (C=O) groups is 1. The number of nitrogens with one attached hydrogen (secondary N) is 1. The quantitative estimate of drug-likeness (QED) is 0.238. The van der Waals surface area contributed by atoms with Gasteiger partial charge in [-0.3, -0.25) is 9.78 Å². The zero-order valence-electron chi connectivity index (χ0n) is 22.4. The highest BCUT2D eigenvalue weighted by atomic mass is 32.2. The monoisotopic (exact) mass is 567 g/mol. The Hall–Kier alpha value is -4.09. The Morgan fingerprint density at radius 2 is 1.76 bits per heavy atom. The Bertz CT molecular complexity index is 1640. The van der Waals surface area contributed by atoms with E-state index in [0.717, 1.165) is 33.1 Å². The molecule has 1 amide bonds. The number of thioether (sulfide) groups is 1. The van der Waals surface area contributed by atoms with Crippen LogP contribution in [0.25, 0.3) is 11.0 Å². The summed E-state index contributed by atoms with van der Waals surface area (Å²) >= 11 is 1.65. The Kier molecular flexibility index (Phi) is 8.06. The summed E-state index contributed by atoms with van der Waals surface area (Å²) in [6.45, 7) is -0.00318. The van der Waals surface area contributed by atoms with Gasteiger partial charge in [-0.25, -0.2) is 9.97 Å². The minimum atomic E-state index is -0.589. The van der Waals surface area contributed by atoms with Gasteiger partial charge in [-0.05, 0) is 35.4 Å². The highest BCUT2D eigenvalue weighted by Gasteiger charge is 2.32. The second-order valence-electron chi connectivity index (χ2n) is 9.80. The molecule has 1 fully saturated rings. The van der Waals surface area contributed by atoms with Crippen LogP contribution in [-0.2, 0) is 23.1 Å². The van der Waals surface area contributed by atoms with Crippen LogP contribution in [0.3, 0.4) is 0 Å². The number of imidazole rings is 1. The average Bonchev–Trinajstić information content (AvgIpc) is 3.44. The van der Waals surface area contributed by atoms with Crippen LogP contribution in [-0.4, -0.2) is 42.4 Å². The van der Waals surface area contributed by atoms with Crippen LogP contribution in [0.5, 0.6) is 0 Å². The first-order valence-electron chi connectivity index (χ1n) is 13.3. The summed E-state index contributed by atoms with van der Waals surface area (Å²) in [6.07, 6.45) is 5.03. The first-order valence-corrected chi connectivity index (χ1v) is 14.3. The third-order valence-corrected chi connectivity index (χ3v) is 8.10. The van der Waals surface area contributed by atoms with Gasteiger partial charge in [0.1, 0.15) is 5.69 Å². The number of aliphatic hydroxyl groups is 1. The van der Waals surface area contributed by atoms with Crippen LogP contribution in [0.15, 0.2) is 96.5 Å². The fourth-order valence-electron chi connectivity index (χ4n) is 4.67. The van der Waals surface area contributed by atoms with Crippen molar-refractivity contribution < 1.29 is 19.4 Å². The minimum Gasteiger partial charge on any atom is -0.392 e. The number of rotatable bonds is 8. The number of benzene rings is 3. The van der Waals surface area contributed by atoms with Crippen LogP contribution in [0.1, 0.15) is 46.0 Å². The average molecular weight is 568 g/mol. The van der Waals surface area contributed by atoms with E-state index in [2.05, 4.69) is 20.3 Å². The summed E-state index contributed by atoms with van der Waals surface area (Å²) in [7, 11) is 1.97. The lowest BCUT2D eigenvalue weighted by Crippen LogP contribution is -2.31. The molecule has 0 spiro atoms. The van der Waals surface area contributed by atoms with Crippen molar-refractivity contribution in [2.45, 2.75) is 36.7 Å². The maximum absolute atomic E-state index is 12.8. The molecule has 6 rings (SSSR count). The number of hydrogen-bond acceptors (Lipinski definition) is 8. The number of hydrogen-bond donors (Lipinski definition) is 2. The van der Waals surface area contributed by atoms with Gasteiger partial charge in [0, 0.05) is 42.9 Å². The summed E-state index contributed by atoms with van der Waals surface area (Å²) < 4.78 is 14.8. The number of para-hydroxylation sites is 2. The molecule has 9 nitrogen and oxygen atoms in total. The maximum atomic E-state index is 12.8. The molecule has 3 heterocycles. The molecular weight excluding hydrogens is 538 g/mol.